The van der Waals surface area contributed by atoms with Gasteiger partial charge in [0.15, 0.2) is 0 Å². The van der Waals surface area contributed by atoms with Crippen molar-refractivity contribution in [2.24, 2.45) is 40.6 Å². The van der Waals surface area contributed by atoms with E-state index >= 15 is 0 Å². The first-order valence-corrected chi connectivity index (χ1v) is 11.1. The van der Waals surface area contributed by atoms with Crippen LogP contribution in [0.25, 0.3) is 0 Å². The molecule has 0 unspecified atom stereocenters. The number of carbonyl (C=O) groups is 2. The predicted octanol–water partition coefficient (Wildman–Crippen LogP) is 4.31. The summed E-state index contributed by atoms with van der Waals surface area (Å²) in [6.45, 7) is 0.447. The molecule has 6 atom stereocenters. The minimum absolute atomic E-state index is 0.140. The van der Waals surface area contributed by atoms with E-state index in [0.717, 1.165) is 28.3 Å². The molecule has 7 rings (SSSR count). The first-order chi connectivity index (χ1) is 15.1. The van der Waals surface area contributed by atoms with Crippen molar-refractivity contribution < 1.29 is 14.3 Å². The Kier molecular flexibility index (Phi) is 4.29. The van der Waals surface area contributed by atoms with Crippen molar-refractivity contribution in [3.05, 3.63) is 76.8 Å². The third-order valence-corrected chi connectivity index (χ3v) is 7.41. The molecule has 0 N–H and O–H groups in total. The Morgan fingerprint density at radius 2 is 1.55 bits per heavy atom. The van der Waals surface area contributed by atoms with Crippen LogP contribution in [0.5, 0.6) is 5.75 Å². The summed E-state index contributed by atoms with van der Waals surface area (Å²) in [4.78, 5) is 25.9. The molecular weight excluding hydrogens is 412 g/mol. The number of carbonyl (C=O) groups excluding carboxylic acids is 2. The molecule has 31 heavy (non-hydrogen) atoms. The quantitative estimate of drug-likeness (QED) is 0.402. The van der Waals surface area contributed by atoms with Crippen LogP contribution >= 0.6 is 11.6 Å². The van der Waals surface area contributed by atoms with Crippen molar-refractivity contribution in [1.29, 1.82) is 0 Å². The van der Waals surface area contributed by atoms with Gasteiger partial charge in [0.05, 0.1) is 18.1 Å². The van der Waals surface area contributed by atoms with Crippen LogP contribution in [-0.4, -0.2) is 23.0 Å². The molecule has 2 bridgehead atoms. The minimum atomic E-state index is -0.216. The monoisotopic (exact) mass is 432 g/mol. The summed E-state index contributed by atoms with van der Waals surface area (Å²) in [6.07, 6.45) is 7.07. The lowest BCUT2D eigenvalue weighted by atomic mass is 9.63. The molecule has 1 saturated heterocycles. The molecule has 6 heteroatoms. The molecule has 5 nitrogen and oxygen atoms in total. The van der Waals surface area contributed by atoms with Gasteiger partial charge in [0.25, 0.3) is 11.8 Å². The van der Waals surface area contributed by atoms with E-state index < -0.39 is 0 Å². The van der Waals surface area contributed by atoms with Gasteiger partial charge < -0.3 is 4.74 Å². The number of hydrogen-bond donors (Lipinski definition) is 0. The van der Waals surface area contributed by atoms with E-state index in [1.807, 2.05) is 48.5 Å². The van der Waals surface area contributed by atoms with E-state index in [1.165, 1.54) is 0 Å². The number of amides is 2. The van der Waals surface area contributed by atoms with Gasteiger partial charge in [-0.1, -0.05) is 35.9 Å². The fourth-order valence-electron chi connectivity index (χ4n) is 5.58. The van der Waals surface area contributed by atoms with E-state index in [2.05, 4.69) is 17.3 Å². The minimum Gasteiger partial charge on any atom is -0.489 e. The van der Waals surface area contributed by atoms with Crippen LogP contribution in [0.4, 0.5) is 0 Å². The third-order valence-electron chi connectivity index (χ3n) is 7.16. The van der Waals surface area contributed by atoms with Crippen molar-refractivity contribution in [3.63, 3.8) is 0 Å². The Labute approximate surface area is 185 Å². The molecule has 2 aromatic carbocycles. The van der Waals surface area contributed by atoms with Crippen LogP contribution in [0, 0.1) is 35.5 Å². The molecule has 0 spiro atoms. The maximum absolute atomic E-state index is 12.9. The maximum Gasteiger partial charge on any atom is 0.254 e. The molecule has 156 valence electrons. The summed E-state index contributed by atoms with van der Waals surface area (Å²) in [7, 11) is 0. The summed E-state index contributed by atoms with van der Waals surface area (Å²) >= 11 is 5.90. The lowest BCUT2D eigenvalue weighted by Gasteiger charge is -2.37. The van der Waals surface area contributed by atoms with E-state index in [-0.39, 0.29) is 35.5 Å². The molecule has 2 amide bonds. The van der Waals surface area contributed by atoms with E-state index in [1.54, 1.807) is 6.21 Å². The largest absolute Gasteiger partial charge is 0.489 e. The summed E-state index contributed by atoms with van der Waals surface area (Å²) in [5.41, 5.74) is 1.84. The number of hydrazone groups is 1. The molecule has 2 aromatic rings. The van der Waals surface area contributed by atoms with Gasteiger partial charge >= 0.3 is 0 Å². The summed E-state index contributed by atoms with van der Waals surface area (Å²) < 4.78 is 5.79. The molecule has 1 heterocycles. The highest BCUT2D eigenvalue weighted by Gasteiger charge is 2.67. The topological polar surface area (TPSA) is 59.0 Å². The number of halogens is 1. The highest BCUT2D eigenvalue weighted by molar-refractivity contribution is 6.30. The smallest absolute Gasteiger partial charge is 0.254 e. The molecule has 2 saturated carbocycles. The normalized spacial score (nSPS) is 32.5. The lowest BCUT2D eigenvalue weighted by molar-refractivity contribution is -0.140. The Hall–Kier alpha value is -2.92. The lowest BCUT2D eigenvalue weighted by Crippen LogP contribution is -2.40. The van der Waals surface area contributed by atoms with Gasteiger partial charge in [-0.15, -0.1) is 0 Å². The van der Waals surface area contributed by atoms with Crippen LogP contribution in [0.3, 0.4) is 0 Å². The standard InChI is InChI=1S/C25H21ClN2O3/c26-16-5-1-15(2-6-16)13-31-17-7-3-14(4-8-17)12-27-28-24(29)22-18-9-10-19(21-11-20(18)21)23(22)25(28)30/h1-10,12,18-23H,11,13H2/b27-12+/t18-,19-,20-,21-,22-,23+/m1/s1. The van der Waals surface area contributed by atoms with Crippen LogP contribution in [0.2, 0.25) is 5.02 Å². The number of ether oxygens (including phenoxy) is 1. The average Bonchev–Trinajstić information content (AvgIpc) is 3.57. The van der Waals surface area contributed by atoms with Crippen molar-refractivity contribution in [2.45, 2.75) is 13.0 Å². The van der Waals surface area contributed by atoms with Gasteiger partial charge in [-0.05, 0) is 77.6 Å². The van der Waals surface area contributed by atoms with E-state index in [4.69, 9.17) is 16.3 Å². The van der Waals surface area contributed by atoms with Gasteiger partial charge in [-0.25, -0.2) is 0 Å². The van der Waals surface area contributed by atoms with Gasteiger partial charge in [0.2, 0.25) is 0 Å². The Balaban J connectivity index is 1.12. The van der Waals surface area contributed by atoms with E-state index in [0.29, 0.717) is 23.5 Å². The molecular formula is C25H21ClN2O3. The van der Waals surface area contributed by atoms with Crippen LogP contribution in [0.1, 0.15) is 17.5 Å². The Morgan fingerprint density at radius 3 is 2.16 bits per heavy atom. The van der Waals surface area contributed by atoms with Gasteiger partial charge in [0.1, 0.15) is 12.4 Å². The highest BCUT2D eigenvalue weighted by Crippen LogP contribution is 2.65. The summed E-state index contributed by atoms with van der Waals surface area (Å²) in [6, 6.07) is 14.9. The average molecular weight is 433 g/mol. The number of allylic oxidation sites excluding steroid dienone is 2. The van der Waals surface area contributed by atoms with Crippen molar-refractivity contribution in [3.8, 4) is 5.75 Å². The van der Waals surface area contributed by atoms with Crippen molar-refractivity contribution in [2.75, 3.05) is 0 Å². The zero-order chi connectivity index (χ0) is 21.1. The molecule has 0 aromatic heterocycles. The molecule has 5 aliphatic rings. The Bertz CT molecular complexity index is 1070. The first kappa shape index (κ1) is 18.8. The third kappa shape index (κ3) is 3.10. The van der Waals surface area contributed by atoms with Gasteiger partial charge in [0, 0.05) is 5.02 Å². The van der Waals surface area contributed by atoms with Gasteiger partial charge in [-0.3, -0.25) is 9.59 Å². The number of nitrogens with zero attached hydrogens (tertiary/aromatic N) is 2. The maximum atomic E-state index is 12.9. The molecule has 0 radical (unpaired) electrons. The van der Waals surface area contributed by atoms with Crippen molar-refractivity contribution >= 4 is 29.6 Å². The second-order valence-corrected chi connectivity index (χ2v) is 9.31. The second kappa shape index (κ2) is 7.06. The number of hydrogen-bond acceptors (Lipinski definition) is 4. The van der Waals surface area contributed by atoms with E-state index in [9.17, 15) is 9.59 Å². The van der Waals surface area contributed by atoms with Crippen molar-refractivity contribution in [1.82, 2.24) is 5.01 Å². The fraction of sp³-hybridized carbons (Fsp3) is 0.320. The van der Waals surface area contributed by atoms with Crippen LogP contribution in [0.15, 0.2) is 65.8 Å². The highest BCUT2D eigenvalue weighted by atomic mass is 35.5. The van der Waals surface area contributed by atoms with Gasteiger partial charge in [-0.2, -0.15) is 10.1 Å². The van der Waals surface area contributed by atoms with Crippen LogP contribution in [-0.2, 0) is 16.2 Å². The molecule has 4 aliphatic carbocycles. The second-order valence-electron chi connectivity index (χ2n) is 8.87. The zero-order valence-electron chi connectivity index (χ0n) is 16.7. The summed E-state index contributed by atoms with van der Waals surface area (Å²) in [5.74, 6) is 1.64. The number of imide groups is 1. The summed E-state index contributed by atoms with van der Waals surface area (Å²) in [5, 5.41) is 6.08. The van der Waals surface area contributed by atoms with Crippen LogP contribution < -0.4 is 4.74 Å². The predicted molar refractivity (Wildman–Crippen MR) is 116 cm³/mol. The molecule has 1 aliphatic heterocycles. The number of rotatable bonds is 5. The molecule has 3 fully saturated rings. The first-order valence-electron chi connectivity index (χ1n) is 10.7. The zero-order valence-corrected chi connectivity index (χ0v) is 17.5. The fourth-order valence-corrected chi connectivity index (χ4v) is 5.70. The Morgan fingerprint density at radius 1 is 0.935 bits per heavy atom. The SMILES string of the molecule is O=C1[C@@H]2[C@@H]3C=C[C@H]([C@H]4C[C@H]34)[C@@H]2C(=O)N1/N=C/c1ccc(OCc2ccc(Cl)cc2)cc1. The number of benzene rings is 2.